The van der Waals surface area contributed by atoms with Gasteiger partial charge in [0.2, 0.25) is 0 Å². The molecule has 0 saturated carbocycles. The average molecular weight is 255 g/mol. The smallest absolute Gasteiger partial charge is 0.131 e. The van der Waals surface area contributed by atoms with E-state index in [1.807, 2.05) is 6.92 Å². The van der Waals surface area contributed by atoms with Gasteiger partial charge in [0.05, 0.1) is 12.3 Å². The molecular formula is C13H18FNO3. The third-order valence-corrected chi connectivity index (χ3v) is 2.38. The first kappa shape index (κ1) is 14.4. The number of hydrogen-bond acceptors (Lipinski definition) is 4. The Hall–Kier alpha value is -1.62. The molecule has 0 radical (unpaired) electrons. The molecule has 0 aliphatic rings. The van der Waals surface area contributed by atoms with Gasteiger partial charge in [-0.05, 0) is 26.0 Å². The molecule has 0 atom stereocenters. The van der Waals surface area contributed by atoms with Crippen LogP contribution < -0.4 is 4.74 Å². The number of benzene rings is 1. The molecule has 100 valence electrons. The summed E-state index contributed by atoms with van der Waals surface area (Å²) in [5.74, 6) is -0.00824. The zero-order valence-corrected chi connectivity index (χ0v) is 10.6. The Kier molecular flexibility index (Phi) is 6.14. The fraction of sp³-hybridized carbons (Fsp3) is 0.462. The predicted octanol–water partition coefficient (Wildman–Crippen LogP) is 2.83. The van der Waals surface area contributed by atoms with Crippen LogP contribution in [0.2, 0.25) is 0 Å². The molecule has 1 rings (SSSR count). The largest absolute Gasteiger partial charge is 0.493 e. The highest BCUT2D eigenvalue weighted by Gasteiger charge is 2.08. The maximum atomic E-state index is 13.1. The van der Waals surface area contributed by atoms with Crippen molar-refractivity contribution in [2.45, 2.75) is 20.3 Å². The van der Waals surface area contributed by atoms with Crippen molar-refractivity contribution < 1.29 is 19.1 Å². The summed E-state index contributed by atoms with van der Waals surface area (Å²) >= 11 is 0. The first-order valence-electron chi connectivity index (χ1n) is 5.88. The molecule has 0 aromatic heterocycles. The SMILES string of the molecule is CCOCCCOc1cc(F)ccc1C(C)=NO. The van der Waals surface area contributed by atoms with Gasteiger partial charge in [-0.2, -0.15) is 0 Å². The summed E-state index contributed by atoms with van der Waals surface area (Å²) in [4.78, 5) is 0. The highest BCUT2D eigenvalue weighted by atomic mass is 19.1. The Balaban J connectivity index is 2.65. The highest BCUT2D eigenvalue weighted by Crippen LogP contribution is 2.21. The predicted molar refractivity (Wildman–Crippen MR) is 67.0 cm³/mol. The van der Waals surface area contributed by atoms with E-state index in [4.69, 9.17) is 14.7 Å². The van der Waals surface area contributed by atoms with Crippen LogP contribution in [0.3, 0.4) is 0 Å². The van der Waals surface area contributed by atoms with Crippen LogP contribution >= 0.6 is 0 Å². The summed E-state index contributed by atoms with van der Waals surface area (Å²) in [7, 11) is 0. The summed E-state index contributed by atoms with van der Waals surface area (Å²) in [6.45, 7) is 5.25. The van der Waals surface area contributed by atoms with E-state index in [9.17, 15) is 4.39 Å². The van der Waals surface area contributed by atoms with Crippen LogP contribution in [0, 0.1) is 5.82 Å². The van der Waals surface area contributed by atoms with E-state index in [-0.39, 0.29) is 5.82 Å². The van der Waals surface area contributed by atoms with Crippen molar-refractivity contribution in [3.63, 3.8) is 0 Å². The van der Waals surface area contributed by atoms with Crippen LogP contribution in [-0.4, -0.2) is 30.7 Å². The maximum absolute atomic E-state index is 13.1. The van der Waals surface area contributed by atoms with Crippen LogP contribution in [0.25, 0.3) is 0 Å². The molecule has 1 N–H and O–H groups in total. The van der Waals surface area contributed by atoms with Crippen LogP contribution in [0.15, 0.2) is 23.4 Å². The maximum Gasteiger partial charge on any atom is 0.131 e. The highest BCUT2D eigenvalue weighted by molar-refractivity contribution is 6.00. The van der Waals surface area contributed by atoms with E-state index in [0.717, 1.165) is 6.42 Å². The van der Waals surface area contributed by atoms with E-state index >= 15 is 0 Å². The van der Waals surface area contributed by atoms with Gasteiger partial charge in [-0.15, -0.1) is 0 Å². The molecule has 0 aliphatic heterocycles. The Morgan fingerprint density at radius 1 is 1.39 bits per heavy atom. The van der Waals surface area contributed by atoms with Crippen molar-refractivity contribution in [1.29, 1.82) is 0 Å². The van der Waals surface area contributed by atoms with Gasteiger partial charge in [0.1, 0.15) is 11.6 Å². The summed E-state index contributed by atoms with van der Waals surface area (Å²) in [6.07, 6.45) is 0.721. The number of oxime groups is 1. The Morgan fingerprint density at radius 2 is 2.17 bits per heavy atom. The monoisotopic (exact) mass is 255 g/mol. The lowest BCUT2D eigenvalue weighted by atomic mass is 10.1. The normalized spacial score (nSPS) is 11.6. The van der Waals surface area contributed by atoms with Crippen LogP contribution in [-0.2, 0) is 4.74 Å². The molecule has 0 aliphatic carbocycles. The van der Waals surface area contributed by atoms with E-state index in [2.05, 4.69) is 5.16 Å². The van der Waals surface area contributed by atoms with Gasteiger partial charge in [-0.1, -0.05) is 5.16 Å². The van der Waals surface area contributed by atoms with Crippen molar-refractivity contribution in [3.05, 3.63) is 29.6 Å². The Morgan fingerprint density at radius 3 is 2.83 bits per heavy atom. The van der Waals surface area contributed by atoms with E-state index < -0.39 is 0 Å². The molecule has 0 fully saturated rings. The molecule has 0 spiro atoms. The van der Waals surface area contributed by atoms with Gasteiger partial charge >= 0.3 is 0 Å². The molecule has 4 nitrogen and oxygen atoms in total. The Labute approximate surface area is 106 Å². The second kappa shape index (κ2) is 7.66. The molecule has 1 aromatic carbocycles. The number of rotatable bonds is 7. The average Bonchev–Trinajstić information content (AvgIpc) is 2.38. The first-order chi connectivity index (χ1) is 8.69. The molecule has 0 unspecified atom stereocenters. The molecule has 0 heterocycles. The second-order valence-corrected chi connectivity index (χ2v) is 3.72. The molecule has 5 heteroatoms. The zero-order valence-electron chi connectivity index (χ0n) is 10.6. The van der Waals surface area contributed by atoms with E-state index in [1.54, 1.807) is 6.92 Å². The molecular weight excluding hydrogens is 237 g/mol. The third kappa shape index (κ3) is 4.33. The van der Waals surface area contributed by atoms with Crippen molar-refractivity contribution in [2.24, 2.45) is 5.16 Å². The van der Waals surface area contributed by atoms with Crippen molar-refractivity contribution in [2.75, 3.05) is 19.8 Å². The van der Waals surface area contributed by atoms with E-state index in [1.165, 1.54) is 18.2 Å². The number of hydrogen-bond donors (Lipinski definition) is 1. The molecule has 1 aromatic rings. The second-order valence-electron chi connectivity index (χ2n) is 3.72. The quantitative estimate of drug-likeness (QED) is 0.353. The molecule has 18 heavy (non-hydrogen) atoms. The molecule has 0 saturated heterocycles. The van der Waals surface area contributed by atoms with Crippen molar-refractivity contribution in [1.82, 2.24) is 0 Å². The van der Waals surface area contributed by atoms with Gasteiger partial charge in [0.15, 0.2) is 0 Å². The minimum atomic E-state index is -0.385. The van der Waals surface area contributed by atoms with Gasteiger partial charge < -0.3 is 14.7 Å². The lowest BCUT2D eigenvalue weighted by Crippen LogP contribution is -2.06. The van der Waals surface area contributed by atoms with E-state index in [0.29, 0.717) is 36.8 Å². The molecule has 0 amide bonds. The summed E-state index contributed by atoms with van der Waals surface area (Å²) in [5, 5.41) is 11.8. The van der Waals surface area contributed by atoms with Gasteiger partial charge in [-0.3, -0.25) is 0 Å². The summed E-state index contributed by atoms with van der Waals surface area (Å²) in [5.41, 5.74) is 0.963. The van der Waals surface area contributed by atoms with Gasteiger partial charge in [-0.25, -0.2) is 4.39 Å². The number of ether oxygens (including phenoxy) is 2. The lowest BCUT2D eigenvalue weighted by Gasteiger charge is -2.11. The minimum Gasteiger partial charge on any atom is -0.493 e. The van der Waals surface area contributed by atoms with Crippen molar-refractivity contribution >= 4 is 5.71 Å². The number of nitrogens with zero attached hydrogens (tertiary/aromatic N) is 1. The summed E-state index contributed by atoms with van der Waals surface area (Å²) < 4.78 is 23.8. The fourth-order valence-electron chi connectivity index (χ4n) is 1.46. The summed E-state index contributed by atoms with van der Waals surface area (Å²) in [6, 6.07) is 4.12. The van der Waals surface area contributed by atoms with Crippen LogP contribution in [0.1, 0.15) is 25.8 Å². The van der Waals surface area contributed by atoms with Crippen LogP contribution in [0.4, 0.5) is 4.39 Å². The van der Waals surface area contributed by atoms with Gasteiger partial charge in [0.25, 0.3) is 0 Å². The van der Waals surface area contributed by atoms with Crippen molar-refractivity contribution in [3.8, 4) is 5.75 Å². The number of halogens is 1. The fourth-order valence-corrected chi connectivity index (χ4v) is 1.46. The Bertz CT molecular complexity index is 407. The third-order valence-electron chi connectivity index (χ3n) is 2.38. The topological polar surface area (TPSA) is 51.0 Å². The first-order valence-corrected chi connectivity index (χ1v) is 5.88. The minimum absolute atomic E-state index is 0.377. The standard InChI is InChI=1S/C13H18FNO3/c1-3-17-7-4-8-18-13-9-11(14)5-6-12(13)10(2)15-16/h5-6,9,16H,3-4,7-8H2,1-2H3. The lowest BCUT2D eigenvalue weighted by molar-refractivity contribution is 0.130. The zero-order chi connectivity index (χ0) is 13.4. The van der Waals surface area contributed by atoms with Crippen LogP contribution in [0.5, 0.6) is 5.75 Å². The van der Waals surface area contributed by atoms with Gasteiger partial charge in [0, 0.05) is 31.3 Å². The molecule has 0 bridgehead atoms.